The number of amides is 1. The number of fused-ring (bicyclic) bond motifs is 1. The summed E-state index contributed by atoms with van der Waals surface area (Å²) in [7, 11) is 3.34. The highest BCUT2D eigenvalue weighted by Gasteiger charge is 2.63. The fourth-order valence-corrected chi connectivity index (χ4v) is 9.42. The van der Waals surface area contributed by atoms with Crippen molar-refractivity contribution in [1.82, 2.24) is 9.88 Å². The van der Waals surface area contributed by atoms with Crippen molar-refractivity contribution in [3.63, 3.8) is 0 Å². The maximum Gasteiger partial charge on any atom is 0.354 e. The monoisotopic (exact) mass is 537 g/mol. The van der Waals surface area contributed by atoms with Gasteiger partial charge < -0.3 is 9.16 Å². The lowest BCUT2D eigenvalue weighted by Crippen LogP contribution is -2.70. The van der Waals surface area contributed by atoms with Gasteiger partial charge in [0, 0.05) is 0 Å². The van der Waals surface area contributed by atoms with Crippen molar-refractivity contribution in [3.8, 4) is 0 Å². The molecule has 10 heteroatoms. The maximum atomic E-state index is 13.7. The highest BCUT2D eigenvalue weighted by molar-refractivity contribution is 8.77. The van der Waals surface area contributed by atoms with Gasteiger partial charge in [0.15, 0.2) is 4.34 Å². The van der Waals surface area contributed by atoms with E-state index >= 15 is 0 Å². The molecule has 1 radical (unpaired) electrons. The summed E-state index contributed by atoms with van der Waals surface area (Å²) in [6.45, 7) is 16.2. The topological polar surface area (TPSA) is 68.7 Å². The molecule has 1 aliphatic heterocycles. The van der Waals surface area contributed by atoms with E-state index in [-0.39, 0.29) is 16.7 Å². The van der Waals surface area contributed by atoms with Gasteiger partial charge >= 0.3 is 5.97 Å². The molecule has 2 heterocycles. The Bertz CT molecular complexity index is 1070. The van der Waals surface area contributed by atoms with Crippen LogP contribution < -0.4 is 0 Å². The normalized spacial score (nSPS) is 20.3. The molecule has 1 aliphatic rings. The Morgan fingerprint density at radius 2 is 1.82 bits per heavy atom. The number of allylic oxidation sites excluding steroid dienone is 1. The molecule has 1 aromatic carbocycles. The zero-order chi connectivity index (χ0) is 25.4. The van der Waals surface area contributed by atoms with Crippen molar-refractivity contribution in [2.75, 3.05) is 7.11 Å². The Morgan fingerprint density at radius 3 is 2.35 bits per heavy atom. The minimum absolute atomic E-state index is 0.107. The smallest absolute Gasteiger partial charge is 0.354 e. The van der Waals surface area contributed by atoms with Gasteiger partial charge in [-0.05, 0) is 67.8 Å². The molecule has 0 saturated carbocycles. The molecule has 0 spiro atoms. The number of likely N-dealkylation sites (tertiary alicyclic amines) is 1. The molecular formula is C24H33N2O4S3Si. The van der Waals surface area contributed by atoms with Crippen molar-refractivity contribution in [2.24, 2.45) is 11.3 Å². The van der Waals surface area contributed by atoms with Crippen molar-refractivity contribution >= 4 is 64.1 Å². The van der Waals surface area contributed by atoms with Gasteiger partial charge in [-0.1, -0.05) is 43.7 Å². The van der Waals surface area contributed by atoms with Crippen LogP contribution in [0.4, 0.5) is 0 Å². The number of esters is 1. The first-order valence-electron chi connectivity index (χ1n) is 11.1. The highest BCUT2D eigenvalue weighted by Crippen LogP contribution is 2.55. The van der Waals surface area contributed by atoms with Gasteiger partial charge in [-0.15, -0.1) is 11.3 Å². The third kappa shape index (κ3) is 5.11. The van der Waals surface area contributed by atoms with Crippen molar-refractivity contribution in [3.05, 3.63) is 35.5 Å². The summed E-state index contributed by atoms with van der Waals surface area (Å²) in [4.78, 5) is 32.7. The Kier molecular flexibility index (Phi) is 8.29. The van der Waals surface area contributed by atoms with Crippen LogP contribution in [-0.4, -0.2) is 48.9 Å². The molecule has 2 aromatic rings. The SMILES string of the molecule is COC(=O)C(=C(C)C)N1C(=O)C([C@](C)(O[Si](C)C)C(C)(C)C)C1SSc1nc2ccccc2s1. The molecule has 185 valence electrons. The first kappa shape index (κ1) is 27.3. The van der Waals surface area contributed by atoms with E-state index in [4.69, 9.17) is 14.1 Å². The summed E-state index contributed by atoms with van der Waals surface area (Å²) >= 11 is 1.62. The number of β-lactam (4-membered cyclic amide) rings is 1. The molecule has 6 nitrogen and oxygen atoms in total. The number of thiazole rings is 1. The standard InChI is InChI=1S/C24H33N2O4S3Si/c1-14(2)18(21(28)29-7)26-19(27)17(24(6,23(3,4)5)30-34(8)9)20(26)32-33-22-25-15-12-10-11-13-16(15)31-22/h10-13,17,20H,1-9H3/t17?,20?,24-/m0/s1. The van der Waals surface area contributed by atoms with E-state index < -0.39 is 26.5 Å². The fourth-order valence-electron chi connectivity index (χ4n) is 4.03. The van der Waals surface area contributed by atoms with Crippen LogP contribution in [0.15, 0.2) is 39.9 Å². The molecule has 1 amide bonds. The third-order valence-electron chi connectivity index (χ3n) is 6.13. The Morgan fingerprint density at radius 1 is 1.18 bits per heavy atom. The van der Waals surface area contributed by atoms with Crippen LogP contribution in [-0.2, 0) is 18.8 Å². The van der Waals surface area contributed by atoms with Gasteiger partial charge in [0.1, 0.15) is 11.1 Å². The van der Waals surface area contributed by atoms with E-state index in [0.29, 0.717) is 5.70 Å². The van der Waals surface area contributed by atoms with Gasteiger partial charge in [-0.3, -0.25) is 9.69 Å². The van der Waals surface area contributed by atoms with E-state index in [1.54, 1.807) is 37.8 Å². The number of hydrogen-bond acceptors (Lipinski definition) is 8. The lowest BCUT2D eigenvalue weighted by atomic mass is 9.66. The maximum absolute atomic E-state index is 13.7. The predicted octanol–water partition coefficient (Wildman–Crippen LogP) is 6.36. The first-order chi connectivity index (χ1) is 15.8. The van der Waals surface area contributed by atoms with Crippen LogP contribution in [0, 0.1) is 11.3 Å². The van der Waals surface area contributed by atoms with E-state index in [1.807, 2.05) is 39.0 Å². The fraction of sp³-hybridized carbons (Fsp3) is 0.542. The van der Waals surface area contributed by atoms with Crippen LogP contribution in [0.5, 0.6) is 0 Å². The average Bonchev–Trinajstić information content (AvgIpc) is 3.15. The quantitative estimate of drug-likeness (QED) is 0.128. The summed E-state index contributed by atoms with van der Waals surface area (Å²) in [6, 6.07) is 8.03. The average molecular weight is 538 g/mol. The van der Waals surface area contributed by atoms with E-state index in [2.05, 4.69) is 39.9 Å². The summed E-state index contributed by atoms with van der Waals surface area (Å²) in [5.74, 6) is -1.03. The zero-order valence-electron chi connectivity index (χ0n) is 21.2. The number of para-hydroxylation sites is 1. The van der Waals surface area contributed by atoms with Crippen LogP contribution in [0.2, 0.25) is 13.1 Å². The highest BCUT2D eigenvalue weighted by atomic mass is 33.1. The van der Waals surface area contributed by atoms with Crippen LogP contribution in [0.3, 0.4) is 0 Å². The number of nitrogens with zero attached hydrogens (tertiary/aromatic N) is 2. The van der Waals surface area contributed by atoms with Crippen molar-refractivity contribution < 1.29 is 18.8 Å². The molecule has 0 aliphatic carbocycles. The molecule has 1 fully saturated rings. The van der Waals surface area contributed by atoms with Crippen molar-refractivity contribution in [1.29, 1.82) is 0 Å². The van der Waals surface area contributed by atoms with Crippen LogP contribution in [0.25, 0.3) is 10.2 Å². The Hall–Kier alpha value is -1.33. The second-order valence-electron chi connectivity index (χ2n) is 9.91. The van der Waals surface area contributed by atoms with Gasteiger partial charge in [0.2, 0.25) is 14.9 Å². The molecule has 3 rings (SSSR count). The number of carbonyl (C=O) groups excluding carboxylic acids is 2. The zero-order valence-corrected chi connectivity index (χ0v) is 24.7. The number of methoxy groups -OCH3 is 1. The number of ether oxygens (including phenoxy) is 1. The number of hydrogen-bond donors (Lipinski definition) is 0. The Labute approximate surface area is 216 Å². The molecule has 1 saturated heterocycles. The van der Waals surface area contributed by atoms with Gasteiger partial charge in [-0.2, -0.15) is 0 Å². The molecule has 0 bridgehead atoms. The van der Waals surface area contributed by atoms with Crippen molar-refractivity contribution in [2.45, 2.75) is 70.0 Å². The van der Waals surface area contributed by atoms with Crippen LogP contribution >= 0.6 is 32.9 Å². The van der Waals surface area contributed by atoms with E-state index in [1.165, 1.54) is 7.11 Å². The number of carbonyl (C=O) groups is 2. The van der Waals surface area contributed by atoms with Gasteiger partial charge in [-0.25, -0.2) is 9.78 Å². The molecule has 34 heavy (non-hydrogen) atoms. The lowest BCUT2D eigenvalue weighted by Gasteiger charge is -2.58. The minimum atomic E-state index is -1.10. The minimum Gasteiger partial charge on any atom is -0.464 e. The largest absolute Gasteiger partial charge is 0.464 e. The third-order valence-corrected chi connectivity index (χ3v) is 11.0. The second-order valence-corrected chi connectivity index (χ2v) is 15.5. The summed E-state index contributed by atoms with van der Waals surface area (Å²) in [5.41, 5.74) is 1.01. The molecule has 3 atom stereocenters. The first-order valence-corrected chi connectivity index (χ1v) is 16.5. The summed E-state index contributed by atoms with van der Waals surface area (Å²) < 4.78 is 13.6. The van der Waals surface area contributed by atoms with Crippen LogP contribution in [0.1, 0.15) is 41.5 Å². The molecular weight excluding hydrogens is 505 g/mol. The van der Waals surface area contributed by atoms with E-state index in [9.17, 15) is 9.59 Å². The predicted molar refractivity (Wildman–Crippen MR) is 144 cm³/mol. The lowest BCUT2D eigenvalue weighted by molar-refractivity contribution is -0.174. The molecule has 2 unspecified atom stereocenters. The second kappa shape index (κ2) is 10.3. The Balaban J connectivity index is 2.01. The number of aromatic nitrogens is 1. The number of benzene rings is 1. The van der Waals surface area contributed by atoms with Gasteiger partial charge in [0.05, 0.1) is 28.8 Å². The summed E-state index contributed by atoms with van der Waals surface area (Å²) in [6.07, 6.45) is 0. The number of rotatable bonds is 8. The summed E-state index contributed by atoms with van der Waals surface area (Å²) in [5, 5.41) is -0.306. The molecule has 0 N–H and O–H groups in total. The van der Waals surface area contributed by atoms with E-state index in [0.717, 1.165) is 20.1 Å². The molecule has 1 aromatic heterocycles. The van der Waals surface area contributed by atoms with Gasteiger partial charge in [0.25, 0.3) is 0 Å².